The molecule has 1 saturated carbocycles. The highest BCUT2D eigenvalue weighted by Crippen LogP contribution is 2.58. The number of benzene rings is 5. The number of anilines is 5. The third-order valence-corrected chi connectivity index (χ3v) is 23.8. The fourth-order valence-electron chi connectivity index (χ4n) is 15.0. The van der Waals surface area contributed by atoms with Gasteiger partial charge in [-0.3, -0.25) is 0 Å². The number of allylic oxidation sites excluding steroid dienone is 3. The molecule has 6 aliphatic rings. The molecule has 12 rings (SSSR count). The van der Waals surface area contributed by atoms with E-state index in [1.807, 2.05) is 0 Å². The first-order valence-corrected chi connectivity index (χ1v) is 33.3. The highest BCUT2D eigenvalue weighted by Gasteiger charge is 2.51. The molecular formula is C70H87BN2SSi. The predicted molar refractivity (Wildman–Crippen MR) is 333 cm³/mol. The Morgan fingerprint density at radius 3 is 1.75 bits per heavy atom. The quantitative estimate of drug-likeness (QED) is 0.162. The van der Waals surface area contributed by atoms with Crippen LogP contribution in [0.2, 0.25) is 19.6 Å². The number of nitrogens with zero attached hydrogens (tertiary/aromatic N) is 2. The van der Waals surface area contributed by atoms with Crippen molar-refractivity contribution in [1.82, 2.24) is 0 Å². The summed E-state index contributed by atoms with van der Waals surface area (Å²) < 4.78 is 2.91. The van der Waals surface area contributed by atoms with Crippen LogP contribution < -0.4 is 30.7 Å². The average Bonchev–Trinajstić information content (AvgIpc) is 3.77. The first-order valence-electron chi connectivity index (χ1n) is 29.0. The summed E-state index contributed by atoms with van der Waals surface area (Å²) in [5.74, 6) is 0.545. The van der Waals surface area contributed by atoms with Gasteiger partial charge in [0.25, 0.3) is 6.71 Å². The van der Waals surface area contributed by atoms with E-state index in [2.05, 4.69) is 243 Å². The SMILES string of the molecule is Cc1cc2c3c(c1)N(c1ccc([Si](C)(C)C)cc1-c1ccc(C(C)(C)C)cc1)c1c(sc4cc5c(cc14)C(C)(C)CCC5(C)C)B3c1cc3c(cc1N2C1=CCC2C(=C1)C(C)(C)CCC2(C)C)C(C)(C)CCC3(C)C. The van der Waals surface area contributed by atoms with Crippen LogP contribution in [0.4, 0.5) is 28.4 Å². The van der Waals surface area contributed by atoms with E-state index in [1.165, 1.54) is 137 Å². The maximum absolute atomic E-state index is 2.80. The van der Waals surface area contributed by atoms with E-state index in [1.54, 1.807) is 16.7 Å². The maximum atomic E-state index is 2.80. The van der Waals surface area contributed by atoms with Crippen LogP contribution >= 0.6 is 11.3 Å². The second-order valence-electron chi connectivity index (χ2n) is 30.7. The molecule has 0 amide bonds. The molecule has 0 saturated heterocycles. The molecule has 5 heteroatoms. The lowest BCUT2D eigenvalue weighted by Gasteiger charge is -2.51. The second kappa shape index (κ2) is 16.2. The number of rotatable bonds is 4. The molecule has 5 aromatic carbocycles. The van der Waals surface area contributed by atoms with Crippen molar-refractivity contribution in [3.05, 3.63) is 136 Å². The molecule has 1 atom stereocenters. The fraction of sp³-hybridized carbons (Fsp3) is 0.486. The first kappa shape index (κ1) is 51.2. The summed E-state index contributed by atoms with van der Waals surface area (Å²) in [6.07, 6.45) is 13.7. The van der Waals surface area contributed by atoms with Gasteiger partial charge in [0.05, 0.1) is 19.4 Å². The van der Waals surface area contributed by atoms with Crippen molar-refractivity contribution in [2.45, 2.75) is 202 Å². The minimum Gasteiger partial charge on any atom is -0.312 e. The van der Waals surface area contributed by atoms with Gasteiger partial charge >= 0.3 is 0 Å². The minimum absolute atomic E-state index is 0.0631. The topological polar surface area (TPSA) is 6.48 Å². The summed E-state index contributed by atoms with van der Waals surface area (Å²) in [6.45, 7) is 47.2. The van der Waals surface area contributed by atoms with Crippen LogP contribution in [0.3, 0.4) is 0 Å². The summed E-state index contributed by atoms with van der Waals surface area (Å²) in [4.78, 5) is 5.59. The van der Waals surface area contributed by atoms with Crippen molar-refractivity contribution in [3.63, 3.8) is 0 Å². The molecule has 0 bridgehead atoms. The zero-order chi connectivity index (χ0) is 53.7. The van der Waals surface area contributed by atoms with Crippen molar-refractivity contribution in [2.24, 2.45) is 16.7 Å². The summed E-state index contributed by atoms with van der Waals surface area (Å²) in [7, 11) is -1.73. The fourth-order valence-corrected chi connectivity index (χ4v) is 17.5. The highest BCUT2D eigenvalue weighted by molar-refractivity contribution is 7.33. The maximum Gasteiger partial charge on any atom is 0.264 e. The van der Waals surface area contributed by atoms with Crippen molar-refractivity contribution in [3.8, 4) is 11.1 Å². The van der Waals surface area contributed by atoms with E-state index in [0.717, 1.165) is 6.42 Å². The normalized spacial score (nSPS) is 22.3. The number of aryl methyl sites for hydroxylation is 1. The van der Waals surface area contributed by atoms with Gasteiger partial charge in [0.1, 0.15) is 0 Å². The zero-order valence-electron chi connectivity index (χ0n) is 49.6. The average molecular weight is 1030 g/mol. The molecule has 4 aliphatic carbocycles. The Bertz CT molecular complexity index is 3460. The number of fused-ring (bicyclic) bond motifs is 9. The van der Waals surface area contributed by atoms with E-state index >= 15 is 0 Å². The molecule has 3 heterocycles. The molecule has 2 aliphatic heterocycles. The predicted octanol–water partition coefficient (Wildman–Crippen LogP) is 17.8. The number of hydrogen-bond acceptors (Lipinski definition) is 3. The van der Waals surface area contributed by atoms with Crippen molar-refractivity contribution in [1.29, 1.82) is 0 Å². The Labute approximate surface area is 458 Å². The minimum atomic E-state index is -1.73. The van der Waals surface area contributed by atoms with Crippen LogP contribution in [0.5, 0.6) is 0 Å². The van der Waals surface area contributed by atoms with Crippen LogP contribution in [0, 0.1) is 23.7 Å². The van der Waals surface area contributed by atoms with E-state index in [0.29, 0.717) is 5.92 Å². The van der Waals surface area contributed by atoms with E-state index < -0.39 is 8.07 Å². The molecule has 1 aromatic heterocycles. The molecule has 0 radical (unpaired) electrons. The lowest BCUT2D eigenvalue weighted by Crippen LogP contribution is -2.61. The number of thiophene rings is 1. The Morgan fingerprint density at radius 1 is 0.587 bits per heavy atom. The molecule has 0 spiro atoms. The standard InChI is InChI=1S/C70H87BN2SSi/c1-42-34-58-61-59(35-42)73(56-27-25-46(75(17,18)19)37-47(56)43-20-22-44(23-21-43)64(2,3)4)62-48-38-51-54(70(15,16)33-30-67(51,9)10)41-60(48)74-63(62)71(61)55-39-52-53(69(13,14)32-31-68(52,11)12)40-57(55)72(58)45-24-26-49-50(36-45)66(7,8)29-28-65(49,5)6/h20-25,27,34-41,49H,26,28-33H2,1-19H3. The van der Waals surface area contributed by atoms with Crippen LogP contribution in [-0.2, 0) is 27.1 Å². The molecule has 6 aromatic rings. The molecule has 390 valence electrons. The third kappa shape index (κ3) is 7.86. The van der Waals surface area contributed by atoms with Gasteiger partial charge in [0.2, 0.25) is 0 Å². The summed E-state index contributed by atoms with van der Waals surface area (Å²) in [6, 6.07) is 33.3. The smallest absolute Gasteiger partial charge is 0.264 e. The Morgan fingerprint density at radius 2 is 1.15 bits per heavy atom. The van der Waals surface area contributed by atoms with Gasteiger partial charge in [0, 0.05) is 43.2 Å². The van der Waals surface area contributed by atoms with Gasteiger partial charge < -0.3 is 9.80 Å². The highest BCUT2D eigenvalue weighted by atomic mass is 32.1. The number of hydrogen-bond donors (Lipinski definition) is 0. The summed E-state index contributed by atoms with van der Waals surface area (Å²) in [5, 5.41) is 2.91. The Kier molecular flexibility index (Phi) is 11.1. The van der Waals surface area contributed by atoms with Gasteiger partial charge in [-0.05, 0) is 188 Å². The molecule has 0 N–H and O–H groups in total. The summed E-state index contributed by atoms with van der Waals surface area (Å²) in [5.41, 5.74) is 24.9. The third-order valence-electron chi connectivity index (χ3n) is 20.5. The molecule has 1 unspecified atom stereocenters. The van der Waals surface area contributed by atoms with E-state index in [-0.39, 0.29) is 44.6 Å². The van der Waals surface area contributed by atoms with Crippen LogP contribution in [0.25, 0.3) is 21.2 Å². The van der Waals surface area contributed by atoms with Gasteiger partial charge in [-0.25, -0.2) is 0 Å². The van der Waals surface area contributed by atoms with Crippen LogP contribution in [0.15, 0.2) is 102 Å². The van der Waals surface area contributed by atoms with Crippen molar-refractivity contribution in [2.75, 3.05) is 9.80 Å². The monoisotopic (exact) mass is 1030 g/mol. The van der Waals surface area contributed by atoms with Gasteiger partial charge in [-0.1, -0.05) is 183 Å². The zero-order valence-corrected chi connectivity index (χ0v) is 51.4. The Balaban J connectivity index is 1.21. The summed E-state index contributed by atoms with van der Waals surface area (Å²) >= 11 is 2.10. The second-order valence-corrected chi connectivity index (χ2v) is 36.9. The van der Waals surface area contributed by atoms with Crippen LogP contribution in [-0.4, -0.2) is 14.8 Å². The molecular weight excluding hydrogens is 940 g/mol. The van der Waals surface area contributed by atoms with E-state index in [4.69, 9.17) is 0 Å². The Hall–Kier alpha value is -4.58. The van der Waals surface area contributed by atoms with Crippen LogP contribution in [0.1, 0.15) is 182 Å². The van der Waals surface area contributed by atoms with Gasteiger partial charge in [0.15, 0.2) is 0 Å². The molecule has 75 heavy (non-hydrogen) atoms. The molecule has 2 nitrogen and oxygen atoms in total. The lowest BCUT2D eigenvalue weighted by molar-refractivity contribution is 0.123. The van der Waals surface area contributed by atoms with Gasteiger partial charge in [-0.2, -0.15) is 0 Å². The first-order chi connectivity index (χ1) is 34.8. The van der Waals surface area contributed by atoms with Gasteiger partial charge in [-0.15, -0.1) is 11.3 Å². The van der Waals surface area contributed by atoms with Crippen molar-refractivity contribution < 1.29 is 0 Å². The lowest BCUT2D eigenvalue weighted by atomic mass is 9.35. The molecule has 1 fully saturated rings. The van der Waals surface area contributed by atoms with Crippen molar-refractivity contribution >= 4 is 85.5 Å². The van der Waals surface area contributed by atoms with E-state index in [9.17, 15) is 0 Å². The largest absolute Gasteiger partial charge is 0.312 e.